The molecule has 0 amide bonds. The van der Waals surface area contributed by atoms with Crippen LogP contribution in [0.5, 0.6) is 0 Å². The van der Waals surface area contributed by atoms with Gasteiger partial charge in [0, 0.05) is 0 Å². The van der Waals surface area contributed by atoms with Gasteiger partial charge in [-0.3, -0.25) is 0 Å². The van der Waals surface area contributed by atoms with Crippen molar-refractivity contribution >= 4 is 5.71 Å². The Labute approximate surface area is 107 Å². The van der Waals surface area contributed by atoms with E-state index >= 15 is 0 Å². The highest BCUT2D eigenvalue weighted by Crippen LogP contribution is 2.39. The average molecular weight is 237 g/mol. The topological polar surface area (TPSA) is 21.6 Å². The van der Waals surface area contributed by atoms with Crippen molar-refractivity contribution in [1.82, 2.24) is 0 Å². The molecule has 0 spiro atoms. The molecule has 1 aliphatic heterocycles. The lowest BCUT2D eigenvalue weighted by Crippen LogP contribution is -2.13. The quantitative estimate of drug-likeness (QED) is 0.775. The van der Waals surface area contributed by atoms with Gasteiger partial charge in [0.1, 0.15) is 0 Å². The van der Waals surface area contributed by atoms with E-state index in [9.17, 15) is 0 Å². The van der Waals surface area contributed by atoms with Gasteiger partial charge in [-0.1, -0.05) is 65.8 Å². The number of benzene rings is 2. The van der Waals surface area contributed by atoms with Crippen LogP contribution in [0, 0.1) is 0 Å². The summed E-state index contributed by atoms with van der Waals surface area (Å²) >= 11 is 0. The minimum absolute atomic E-state index is 0.00593. The molecule has 0 radical (unpaired) electrons. The molecule has 0 fully saturated rings. The summed E-state index contributed by atoms with van der Waals surface area (Å²) in [6.07, 6.45) is -0.00593. The normalized spacial score (nSPS) is 22.4. The van der Waals surface area contributed by atoms with E-state index in [-0.39, 0.29) is 12.0 Å². The van der Waals surface area contributed by atoms with E-state index in [0.29, 0.717) is 0 Å². The molecule has 0 bridgehead atoms. The summed E-state index contributed by atoms with van der Waals surface area (Å²) in [5, 5.41) is 4.17. The zero-order valence-electron chi connectivity index (χ0n) is 10.3. The van der Waals surface area contributed by atoms with Crippen LogP contribution in [0.1, 0.15) is 30.1 Å². The predicted octanol–water partition coefficient (Wildman–Crippen LogP) is 3.92. The molecule has 2 heteroatoms. The summed E-state index contributed by atoms with van der Waals surface area (Å²) in [5.41, 5.74) is 3.46. The first kappa shape index (κ1) is 11.0. The predicted molar refractivity (Wildman–Crippen MR) is 72.6 cm³/mol. The summed E-state index contributed by atoms with van der Waals surface area (Å²) in [7, 11) is 0. The Kier molecular flexibility index (Phi) is 2.85. The zero-order chi connectivity index (χ0) is 12.4. The second-order valence-electron chi connectivity index (χ2n) is 4.56. The lowest BCUT2D eigenvalue weighted by Gasteiger charge is -2.18. The van der Waals surface area contributed by atoms with Crippen LogP contribution in [0.2, 0.25) is 0 Å². The van der Waals surface area contributed by atoms with Crippen LogP contribution in [0.3, 0.4) is 0 Å². The Morgan fingerprint density at radius 3 is 2.00 bits per heavy atom. The first-order valence-corrected chi connectivity index (χ1v) is 6.16. The maximum Gasteiger partial charge on any atom is 0.164 e. The molecule has 0 aromatic heterocycles. The molecule has 1 heterocycles. The Hall–Kier alpha value is -2.09. The molecule has 2 aromatic carbocycles. The van der Waals surface area contributed by atoms with Crippen molar-refractivity contribution in [2.75, 3.05) is 0 Å². The molecule has 2 nitrogen and oxygen atoms in total. The van der Waals surface area contributed by atoms with E-state index in [4.69, 9.17) is 4.84 Å². The Balaban J connectivity index is 1.98. The van der Waals surface area contributed by atoms with Gasteiger partial charge in [-0.15, -0.1) is 0 Å². The minimum atomic E-state index is -0.00593. The van der Waals surface area contributed by atoms with Gasteiger partial charge >= 0.3 is 0 Å². The first-order chi connectivity index (χ1) is 8.86. The molecule has 1 aliphatic rings. The molecule has 18 heavy (non-hydrogen) atoms. The Morgan fingerprint density at radius 1 is 0.833 bits per heavy atom. The molecule has 2 aromatic rings. The number of rotatable bonds is 2. The molecular formula is C16H15NO. The standard InChI is InChI=1S/C16H15NO/c1-12-15(13-8-4-2-5-9-13)16(18-17-12)14-10-6-3-7-11-14/h2-11,15-16H,1H3/t15-,16-/m1/s1. The highest BCUT2D eigenvalue weighted by molar-refractivity contribution is 5.90. The second kappa shape index (κ2) is 4.65. The molecule has 90 valence electrons. The van der Waals surface area contributed by atoms with Crippen molar-refractivity contribution < 1.29 is 4.84 Å². The van der Waals surface area contributed by atoms with E-state index in [1.54, 1.807) is 0 Å². The second-order valence-corrected chi connectivity index (χ2v) is 4.56. The molecule has 0 aliphatic carbocycles. The Bertz CT molecular complexity index is 548. The first-order valence-electron chi connectivity index (χ1n) is 6.16. The molecule has 3 rings (SSSR count). The van der Waals surface area contributed by atoms with Crippen molar-refractivity contribution in [2.24, 2.45) is 5.16 Å². The fourth-order valence-electron chi connectivity index (χ4n) is 2.45. The number of nitrogens with zero attached hydrogens (tertiary/aromatic N) is 1. The number of hydrogen-bond acceptors (Lipinski definition) is 2. The lowest BCUT2D eigenvalue weighted by molar-refractivity contribution is 0.0763. The van der Waals surface area contributed by atoms with Crippen molar-refractivity contribution in [3.63, 3.8) is 0 Å². The number of hydrogen-bond donors (Lipinski definition) is 0. The number of oxime groups is 1. The van der Waals surface area contributed by atoms with Crippen molar-refractivity contribution in [3.8, 4) is 0 Å². The molecule has 0 saturated carbocycles. The largest absolute Gasteiger partial charge is 0.387 e. The highest BCUT2D eigenvalue weighted by atomic mass is 16.6. The maximum absolute atomic E-state index is 5.61. The molecule has 0 N–H and O–H groups in total. The SMILES string of the molecule is CC1=NO[C@H](c2ccccc2)[C@H]1c1ccccc1. The monoisotopic (exact) mass is 237 g/mol. The third kappa shape index (κ3) is 1.90. The van der Waals surface area contributed by atoms with Gasteiger partial charge in [0.15, 0.2) is 6.10 Å². The van der Waals surface area contributed by atoms with Gasteiger partial charge in [0.25, 0.3) is 0 Å². The lowest BCUT2D eigenvalue weighted by atomic mass is 9.87. The van der Waals surface area contributed by atoms with E-state index in [1.165, 1.54) is 11.1 Å². The van der Waals surface area contributed by atoms with Crippen LogP contribution < -0.4 is 0 Å². The van der Waals surface area contributed by atoms with Gasteiger partial charge in [-0.25, -0.2) is 0 Å². The maximum atomic E-state index is 5.61. The van der Waals surface area contributed by atoms with Crippen LogP contribution in [-0.4, -0.2) is 5.71 Å². The van der Waals surface area contributed by atoms with Crippen LogP contribution >= 0.6 is 0 Å². The molecule has 0 saturated heterocycles. The van der Waals surface area contributed by atoms with E-state index in [1.807, 2.05) is 31.2 Å². The van der Waals surface area contributed by atoms with Gasteiger partial charge in [0.2, 0.25) is 0 Å². The van der Waals surface area contributed by atoms with E-state index in [0.717, 1.165) is 5.71 Å². The zero-order valence-corrected chi connectivity index (χ0v) is 10.3. The van der Waals surface area contributed by atoms with Crippen LogP contribution in [0.15, 0.2) is 65.8 Å². The average Bonchev–Trinajstić information content (AvgIpc) is 2.83. The van der Waals surface area contributed by atoms with Crippen molar-refractivity contribution in [3.05, 3.63) is 71.8 Å². The summed E-state index contributed by atoms with van der Waals surface area (Å²) in [6, 6.07) is 20.7. The minimum Gasteiger partial charge on any atom is -0.387 e. The summed E-state index contributed by atoms with van der Waals surface area (Å²) in [6.45, 7) is 2.03. The van der Waals surface area contributed by atoms with Gasteiger partial charge < -0.3 is 4.84 Å². The van der Waals surface area contributed by atoms with Gasteiger partial charge in [-0.2, -0.15) is 0 Å². The van der Waals surface area contributed by atoms with Gasteiger partial charge in [-0.05, 0) is 18.1 Å². The smallest absolute Gasteiger partial charge is 0.164 e. The molecule has 2 atom stereocenters. The van der Waals surface area contributed by atoms with Crippen LogP contribution in [-0.2, 0) is 4.84 Å². The van der Waals surface area contributed by atoms with Gasteiger partial charge in [0.05, 0.1) is 11.6 Å². The summed E-state index contributed by atoms with van der Waals surface area (Å²) in [5.74, 6) is 0.216. The third-order valence-electron chi connectivity index (χ3n) is 3.35. The fourth-order valence-corrected chi connectivity index (χ4v) is 2.45. The van der Waals surface area contributed by atoms with Crippen LogP contribution in [0.4, 0.5) is 0 Å². The van der Waals surface area contributed by atoms with E-state index in [2.05, 4.69) is 41.6 Å². The van der Waals surface area contributed by atoms with E-state index < -0.39 is 0 Å². The summed E-state index contributed by atoms with van der Waals surface area (Å²) < 4.78 is 0. The third-order valence-corrected chi connectivity index (χ3v) is 3.35. The van der Waals surface area contributed by atoms with Crippen LogP contribution in [0.25, 0.3) is 0 Å². The Morgan fingerprint density at radius 2 is 1.39 bits per heavy atom. The van der Waals surface area contributed by atoms with Crippen molar-refractivity contribution in [1.29, 1.82) is 0 Å². The fraction of sp³-hybridized carbons (Fsp3) is 0.188. The highest BCUT2D eigenvalue weighted by Gasteiger charge is 2.33. The van der Waals surface area contributed by atoms with Crippen molar-refractivity contribution in [2.45, 2.75) is 18.9 Å². The molecular weight excluding hydrogens is 222 g/mol. The summed E-state index contributed by atoms with van der Waals surface area (Å²) in [4.78, 5) is 5.61. The molecule has 0 unspecified atom stereocenters.